The first-order valence-electron chi connectivity index (χ1n) is 11.2. The van der Waals surface area contributed by atoms with Crippen LogP contribution in [0.4, 0.5) is 5.69 Å². The maximum atomic E-state index is 11.4. The third-order valence-electron chi connectivity index (χ3n) is 6.24. The van der Waals surface area contributed by atoms with Gasteiger partial charge in [-0.05, 0) is 56.2 Å². The normalized spacial score (nSPS) is 17.0. The second kappa shape index (κ2) is 8.28. The van der Waals surface area contributed by atoms with Crippen molar-refractivity contribution >= 4 is 17.3 Å². The molecule has 1 aliphatic rings. The highest BCUT2D eigenvalue weighted by atomic mass is 16.6. The van der Waals surface area contributed by atoms with Gasteiger partial charge in [0.05, 0.1) is 11.4 Å². The molecule has 0 fully saturated rings. The summed E-state index contributed by atoms with van der Waals surface area (Å²) in [7, 11) is 0. The molecular formula is C27H27N3O3. The van der Waals surface area contributed by atoms with Gasteiger partial charge in [0.1, 0.15) is 17.5 Å². The molecule has 6 heteroatoms. The minimum atomic E-state index is -0.362. The Kier molecular flexibility index (Phi) is 5.29. The number of ether oxygens (including phenoxy) is 2. The van der Waals surface area contributed by atoms with Gasteiger partial charge in [-0.3, -0.25) is 9.20 Å². The van der Waals surface area contributed by atoms with E-state index in [2.05, 4.69) is 48.0 Å². The van der Waals surface area contributed by atoms with Gasteiger partial charge in [-0.25, -0.2) is 4.98 Å². The molecular weight excluding hydrogens is 414 g/mol. The van der Waals surface area contributed by atoms with Crippen molar-refractivity contribution < 1.29 is 14.3 Å². The standard InChI is InChI=1S/C27H27N3O3/c1-16-20(8-7-9-22(16)26-17(2)29-25-10-5-6-13-30(25)26)15-28-21-11-12-23-24(14-21)32-18(3)27(23)33-19(4)31/h5-14,18,27-28H,15H2,1-4H3/t18?,27-/m1/s1. The second-order valence-corrected chi connectivity index (χ2v) is 8.52. The monoisotopic (exact) mass is 441 g/mol. The van der Waals surface area contributed by atoms with E-state index in [1.807, 2.05) is 43.3 Å². The van der Waals surface area contributed by atoms with E-state index in [0.29, 0.717) is 6.54 Å². The number of aromatic nitrogens is 2. The molecule has 4 aromatic rings. The maximum Gasteiger partial charge on any atom is 0.303 e. The number of nitrogens with one attached hydrogen (secondary N) is 1. The van der Waals surface area contributed by atoms with Gasteiger partial charge >= 0.3 is 5.97 Å². The smallest absolute Gasteiger partial charge is 0.303 e. The molecule has 1 aliphatic heterocycles. The van der Waals surface area contributed by atoms with E-state index in [0.717, 1.165) is 34.0 Å². The van der Waals surface area contributed by atoms with E-state index in [1.165, 1.54) is 23.6 Å². The molecule has 33 heavy (non-hydrogen) atoms. The number of nitrogens with zero attached hydrogens (tertiary/aromatic N) is 2. The van der Waals surface area contributed by atoms with Crippen molar-refractivity contribution in [1.82, 2.24) is 9.38 Å². The van der Waals surface area contributed by atoms with Gasteiger partial charge in [0.25, 0.3) is 0 Å². The number of pyridine rings is 1. The first kappa shape index (κ1) is 21.1. The molecule has 0 amide bonds. The predicted octanol–water partition coefficient (Wildman–Crippen LogP) is 5.62. The molecule has 2 atom stereocenters. The summed E-state index contributed by atoms with van der Waals surface area (Å²) >= 11 is 0. The van der Waals surface area contributed by atoms with Gasteiger partial charge in [0.2, 0.25) is 0 Å². The summed E-state index contributed by atoms with van der Waals surface area (Å²) in [6.45, 7) is 8.23. The summed E-state index contributed by atoms with van der Waals surface area (Å²) in [4.78, 5) is 16.1. The summed E-state index contributed by atoms with van der Waals surface area (Å²) in [6.07, 6.45) is 1.50. The van der Waals surface area contributed by atoms with Crippen molar-refractivity contribution in [3.8, 4) is 17.0 Å². The van der Waals surface area contributed by atoms with Crippen LogP contribution in [-0.2, 0) is 16.1 Å². The van der Waals surface area contributed by atoms with E-state index in [1.54, 1.807) is 0 Å². The van der Waals surface area contributed by atoms with E-state index in [4.69, 9.17) is 14.5 Å². The van der Waals surface area contributed by atoms with E-state index >= 15 is 0 Å². The molecule has 2 aromatic heterocycles. The number of hydrogen-bond donors (Lipinski definition) is 1. The van der Waals surface area contributed by atoms with E-state index in [9.17, 15) is 4.79 Å². The number of imidazole rings is 1. The number of anilines is 1. The van der Waals surface area contributed by atoms with Gasteiger partial charge in [0.15, 0.2) is 6.10 Å². The Bertz CT molecular complexity index is 1360. The van der Waals surface area contributed by atoms with Crippen molar-refractivity contribution in [3.63, 3.8) is 0 Å². The SMILES string of the molecule is CC(=O)O[C@H]1c2ccc(NCc3cccc(-c4c(C)nc5ccccn45)c3C)cc2OC1C. The van der Waals surface area contributed by atoms with Crippen LogP contribution >= 0.6 is 0 Å². The molecule has 3 heterocycles. The molecule has 168 valence electrons. The Balaban J connectivity index is 1.39. The summed E-state index contributed by atoms with van der Waals surface area (Å²) in [5.41, 5.74) is 8.57. The lowest BCUT2D eigenvalue weighted by Crippen LogP contribution is -2.18. The molecule has 0 spiro atoms. The van der Waals surface area contributed by atoms with Crippen LogP contribution in [0.25, 0.3) is 16.9 Å². The molecule has 0 saturated carbocycles. The van der Waals surface area contributed by atoms with Crippen LogP contribution in [0.2, 0.25) is 0 Å². The van der Waals surface area contributed by atoms with E-state index < -0.39 is 0 Å². The Morgan fingerprint density at radius 1 is 1.15 bits per heavy atom. The van der Waals surface area contributed by atoms with Crippen molar-refractivity contribution in [3.05, 3.63) is 83.2 Å². The number of rotatable bonds is 5. The lowest BCUT2D eigenvalue weighted by atomic mass is 9.99. The molecule has 0 aliphatic carbocycles. The predicted molar refractivity (Wildman–Crippen MR) is 128 cm³/mol. The Hall–Kier alpha value is -3.80. The van der Waals surface area contributed by atoms with E-state index in [-0.39, 0.29) is 18.2 Å². The van der Waals surface area contributed by atoms with Gasteiger partial charge < -0.3 is 14.8 Å². The van der Waals surface area contributed by atoms with Crippen LogP contribution in [0, 0.1) is 13.8 Å². The molecule has 5 rings (SSSR count). The Morgan fingerprint density at radius 3 is 2.82 bits per heavy atom. The lowest BCUT2D eigenvalue weighted by Gasteiger charge is -2.15. The number of fused-ring (bicyclic) bond motifs is 2. The fraction of sp³-hybridized carbons (Fsp3) is 0.259. The Labute approximate surface area is 193 Å². The van der Waals surface area contributed by atoms with Gasteiger partial charge in [-0.15, -0.1) is 0 Å². The zero-order valence-electron chi connectivity index (χ0n) is 19.3. The third kappa shape index (κ3) is 3.82. The molecule has 0 saturated heterocycles. The summed E-state index contributed by atoms with van der Waals surface area (Å²) in [5, 5.41) is 3.52. The molecule has 2 aromatic carbocycles. The lowest BCUT2D eigenvalue weighted by molar-refractivity contribution is -0.149. The van der Waals surface area contributed by atoms with Crippen LogP contribution in [-0.4, -0.2) is 21.5 Å². The minimum absolute atomic E-state index is 0.202. The van der Waals surface area contributed by atoms with Crippen LogP contribution < -0.4 is 10.1 Å². The number of esters is 1. The number of carbonyl (C=O) groups excluding carboxylic acids is 1. The molecule has 1 N–H and O–H groups in total. The first-order chi connectivity index (χ1) is 15.9. The number of benzene rings is 2. The van der Waals surface area contributed by atoms with Crippen molar-refractivity contribution in [2.45, 2.75) is 46.4 Å². The number of carbonyl (C=O) groups is 1. The maximum absolute atomic E-state index is 11.4. The highest BCUT2D eigenvalue weighted by molar-refractivity contribution is 5.71. The summed E-state index contributed by atoms with van der Waals surface area (Å²) in [6, 6.07) is 18.4. The second-order valence-electron chi connectivity index (χ2n) is 8.52. The summed E-state index contributed by atoms with van der Waals surface area (Å²) < 4.78 is 13.5. The zero-order valence-corrected chi connectivity index (χ0v) is 19.3. The average molecular weight is 442 g/mol. The van der Waals surface area contributed by atoms with Crippen molar-refractivity contribution in [2.75, 3.05) is 5.32 Å². The summed E-state index contributed by atoms with van der Waals surface area (Å²) in [5.74, 6) is 0.452. The van der Waals surface area contributed by atoms with Crippen molar-refractivity contribution in [2.24, 2.45) is 0 Å². The fourth-order valence-corrected chi connectivity index (χ4v) is 4.60. The average Bonchev–Trinajstić information content (AvgIpc) is 3.28. The third-order valence-corrected chi connectivity index (χ3v) is 6.24. The van der Waals surface area contributed by atoms with Crippen LogP contribution in [0.5, 0.6) is 5.75 Å². The largest absolute Gasteiger partial charge is 0.486 e. The highest BCUT2D eigenvalue weighted by Crippen LogP contribution is 2.40. The van der Waals surface area contributed by atoms with Crippen molar-refractivity contribution in [1.29, 1.82) is 0 Å². The van der Waals surface area contributed by atoms with Gasteiger partial charge in [-0.1, -0.05) is 24.3 Å². The molecule has 1 unspecified atom stereocenters. The fourth-order valence-electron chi connectivity index (χ4n) is 4.60. The topological polar surface area (TPSA) is 64.9 Å². The van der Waals surface area contributed by atoms with Gasteiger partial charge in [-0.2, -0.15) is 0 Å². The molecule has 0 bridgehead atoms. The highest BCUT2D eigenvalue weighted by Gasteiger charge is 2.33. The quantitative estimate of drug-likeness (QED) is 0.408. The Morgan fingerprint density at radius 2 is 2.00 bits per heavy atom. The van der Waals surface area contributed by atoms with Crippen LogP contribution in [0.1, 0.15) is 42.3 Å². The van der Waals surface area contributed by atoms with Gasteiger partial charge in [0, 0.05) is 42.5 Å². The number of hydrogen-bond acceptors (Lipinski definition) is 5. The first-order valence-corrected chi connectivity index (χ1v) is 11.2. The van der Waals surface area contributed by atoms with Crippen LogP contribution in [0.15, 0.2) is 60.8 Å². The molecule has 0 radical (unpaired) electrons. The molecule has 6 nitrogen and oxygen atoms in total. The number of aryl methyl sites for hydroxylation is 1. The minimum Gasteiger partial charge on any atom is -0.486 e. The van der Waals surface area contributed by atoms with Crippen LogP contribution in [0.3, 0.4) is 0 Å². The zero-order chi connectivity index (χ0) is 23.1.